The summed E-state index contributed by atoms with van der Waals surface area (Å²) in [6, 6.07) is 14.6. The lowest BCUT2D eigenvalue weighted by molar-refractivity contribution is 0.0950. The Morgan fingerprint density at radius 1 is 1.15 bits per heavy atom. The molecule has 3 aromatic rings. The topological polar surface area (TPSA) is 64.4 Å². The van der Waals surface area contributed by atoms with Crippen LogP contribution in [0.15, 0.2) is 59.1 Å². The third-order valence-electron chi connectivity index (χ3n) is 3.61. The fourth-order valence-electron chi connectivity index (χ4n) is 2.38. The summed E-state index contributed by atoms with van der Waals surface area (Å²) in [5.41, 5.74) is 1.83. The number of benzene rings is 2. The molecule has 1 aromatic heterocycles. The second kappa shape index (κ2) is 7.82. The highest BCUT2D eigenvalue weighted by atomic mass is 19.1. The van der Waals surface area contributed by atoms with E-state index in [1.807, 2.05) is 13.8 Å². The molecule has 0 fully saturated rings. The molecule has 26 heavy (non-hydrogen) atoms. The lowest BCUT2D eigenvalue weighted by atomic mass is 10.1. The predicted octanol–water partition coefficient (Wildman–Crippen LogP) is 4.20. The van der Waals surface area contributed by atoms with E-state index in [0.717, 1.165) is 11.3 Å². The second-order valence-corrected chi connectivity index (χ2v) is 6.06. The zero-order valence-electron chi connectivity index (χ0n) is 14.5. The van der Waals surface area contributed by atoms with Crippen molar-refractivity contribution in [1.29, 1.82) is 0 Å². The Kier molecular flexibility index (Phi) is 5.31. The maximum absolute atomic E-state index is 13.0. The van der Waals surface area contributed by atoms with Gasteiger partial charge in [0.1, 0.15) is 17.3 Å². The molecule has 0 unspecified atom stereocenters. The number of aromatic nitrogens is 1. The number of nitrogens with one attached hydrogen (secondary N) is 1. The largest absolute Gasteiger partial charge is 0.491 e. The zero-order valence-corrected chi connectivity index (χ0v) is 14.5. The summed E-state index contributed by atoms with van der Waals surface area (Å²) in [7, 11) is 0. The van der Waals surface area contributed by atoms with Gasteiger partial charge in [0.2, 0.25) is 0 Å². The highest BCUT2D eigenvalue weighted by molar-refractivity contribution is 5.94. The van der Waals surface area contributed by atoms with Crippen LogP contribution in [0.5, 0.6) is 5.75 Å². The molecular formula is C20H19FN2O3. The van der Waals surface area contributed by atoms with Gasteiger partial charge in [-0.3, -0.25) is 4.79 Å². The smallest absolute Gasteiger partial charge is 0.251 e. The van der Waals surface area contributed by atoms with Crippen LogP contribution in [0.4, 0.5) is 4.39 Å². The first-order chi connectivity index (χ1) is 12.5. The van der Waals surface area contributed by atoms with Gasteiger partial charge in [0, 0.05) is 17.2 Å². The van der Waals surface area contributed by atoms with Crippen molar-refractivity contribution < 1.29 is 18.4 Å². The fourth-order valence-corrected chi connectivity index (χ4v) is 2.38. The quantitative estimate of drug-likeness (QED) is 0.721. The molecule has 0 atom stereocenters. The van der Waals surface area contributed by atoms with Crippen LogP contribution in [0.25, 0.3) is 11.3 Å². The number of hydrogen-bond acceptors (Lipinski definition) is 4. The molecule has 0 saturated carbocycles. The normalized spacial score (nSPS) is 10.8. The molecule has 0 aliphatic heterocycles. The molecule has 5 nitrogen and oxygen atoms in total. The third-order valence-corrected chi connectivity index (χ3v) is 3.61. The summed E-state index contributed by atoms with van der Waals surface area (Å²) in [6.45, 7) is 4.12. The van der Waals surface area contributed by atoms with Crippen LogP contribution in [-0.4, -0.2) is 17.2 Å². The van der Waals surface area contributed by atoms with Crippen LogP contribution in [0, 0.1) is 5.82 Å². The number of ether oxygens (including phenoxy) is 1. The molecule has 1 heterocycles. The number of rotatable bonds is 6. The molecule has 0 saturated heterocycles. The minimum atomic E-state index is -0.314. The number of hydrogen-bond donors (Lipinski definition) is 1. The minimum Gasteiger partial charge on any atom is -0.491 e. The van der Waals surface area contributed by atoms with Gasteiger partial charge in [-0.05, 0) is 62.4 Å². The highest BCUT2D eigenvalue weighted by Gasteiger charge is 2.10. The van der Waals surface area contributed by atoms with Gasteiger partial charge in [-0.2, -0.15) is 0 Å². The van der Waals surface area contributed by atoms with Crippen molar-refractivity contribution in [2.45, 2.75) is 26.5 Å². The summed E-state index contributed by atoms with van der Waals surface area (Å²) in [4.78, 5) is 12.2. The number of carbonyl (C=O) groups excluding carboxylic acids is 1. The predicted molar refractivity (Wildman–Crippen MR) is 95.3 cm³/mol. The number of carbonyl (C=O) groups is 1. The first-order valence-electron chi connectivity index (χ1n) is 8.28. The summed E-state index contributed by atoms with van der Waals surface area (Å²) in [6.07, 6.45) is 0.0807. The Balaban J connectivity index is 1.58. The van der Waals surface area contributed by atoms with Crippen molar-refractivity contribution in [3.05, 3.63) is 71.7 Å². The lowest BCUT2D eigenvalue weighted by Crippen LogP contribution is -2.22. The van der Waals surface area contributed by atoms with Crippen LogP contribution in [-0.2, 0) is 6.54 Å². The van der Waals surface area contributed by atoms with Crippen molar-refractivity contribution in [2.24, 2.45) is 0 Å². The molecule has 3 rings (SSSR count). The lowest BCUT2D eigenvalue weighted by Gasteiger charge is -2.10. The van der Waals surface area contributed by atoms with Gasteiger partial charge in [0.05, 0.1) is 12.6 Å². The van der Waals surface area contributed by atoms with E-state index in [9.17, 15) is 9.18 Å². The van der Waals surface area contributed by atoms with E-state index in [0.29, 0.717) is 17.0 Å². The molecule has 2 aromatic carbocycles. The van der Waals surface area contributed by atoms with Crippen molar-refractivity contribution in [3.63, 3.8) is 0 Å². The van der Waals surface area contributed by atoms with Crippen molar-refractivity contribution in [2.75, 3.05) is 0 Å². The molecule has 0 radical (unpaired) electrons. The van der Waals surface area contributed by atoms with Gasteiger partial charge in [-0.1, -0.05) is 5.16 Å². The van der Waals surface area contributed by atoms with E-state index in [2.05, 4.69) is 10.5 Å². The standard InChI is InChI=1S/C20H19FN2O3/c1-13(2)25-18-9-5-15(6-10-18)20(24)22-12-17-11-19(26-23-17)14-3-7-16(21)8-4-14/h3-11,13H,12H2,1-2H3,(H,22,24). The van der Waals surface area contributed by atoms with Gasteiger partial charge in [-0.15, -0.1) is 0 Å². The van der Waals surface area contributed by atoms with Crippen LogP contribution >= 0.6 is 0 Å². The summed E-state index contributed by atoms with van der Waals surface area (Å²) in [5, 5.41) is 6.71. The summed E-state index contributed by atoms with van der Waals surface area (Å²) < 4.78 is 23.8. The van der Waals surface area contributed by atoms with Crippen molar-refractivity contribution >= 4 is 5.91 Å². The van der Waals surface area contributed by atoms with E-state index in [4.69, 9.17) is 9.26 Å². The van der Waals surface area contributed by atoms with Crippen LogP contribution in [0.1, 0.15) is 29.9 Å². The SMILES string of the molecule is CC(C)Oc1ccc(C(=O)NCc2cc(-c3ccc(F)cc3)on2)cc1. The summed E-state index contributed by atoms with van der Waals surface area (Å²) in [5.74, 6) is 0.708. The van der Waals surface area contributed by atoms with Crippen molar-refractivity contribution in [1.82, 2.24) is 10.5 Å². The Labute approximate surface area is 150 Å². The molecule has 0 aliphatic carbocycles. The van der Waals surface area contributed by atoms with Crippen LogP contribution < -0.4 is 10.1 Å². The molecule has 0 spiro atoms. The maximum atomic E-state index is 13.0. The van der Waals surface area contributed by atoms with Gasteiger partial charge in [0.25, 0.3) is 5.91 Å². The monoisotopic (exact) mass is 354 g/mol. The summed E-state index contributed by atoms with van der Waals surface area (Å²) >= 11 is 0. The molecule has 134 valence electrons. The van der Waals surface area contributed by atoms with E-state index < -0.39 is 0 Å². The molecule has 1 N–H and O–H groups in total. The number of nitrogens with zero attached hydrogens (tertiary/aromatic N) is 1. The average molecular weight is 354 g/mol. The second-order valence-electron chi connectivity index (χ2n) is 6.06. The van der Waals surface area contributed by atoms with E-state index in [1.165, 1.54) is 12.1 Å². The van der Waals surface area contributed by atoms with Gasteiger partial charge in [0.15, 0.2) is 5.76 Å². The molecule has 6 heteroatoms. The van der Waals surface area contributed by atoms with E-state index >= 15 is 0 Å². The Morgan fingerprint density at radius 2 is 1.85 bits per heavy atom. The van der Waals surface area contributed by atoms with E-state index in [-0.39, 0.29) is 24.4 Å². The van der Waals surface area contributed by atoms with Gasteiger partial charge in [-0.25, -0.2) is 4.39 Å². The molecule has 1 amide bonds. The van der Waals surface area contributed by atoms with Crippen LogP contribution in [0.3, 0.4) is 0 Å². The van der Waals surface area contributed by atoms with Gasteiger partial charge < -0.3 is 14.6 Å². The Hall–Kier alpha value is -3.15. The molecule has 0 aliphatic rings. The Morgan fingerprint density at radius 3 is 2.50 bits per heavy atom. The number of halogens is 1. The van der Waals surface area contributed by atoms with Crippen molar-refractivity contribution in [3.8, 4) is 17.1 Å². The maximum Gasteiger partial charge on any atom is 0.251 e. The van der Waals surface area contributed by atoms with E-state index in [1.54, 1.807) is 42.5 Å². The Bertz CT molecular complexity index is 871. The van der Waals surface area contributed by atoms with Crippen LogP contribution in [0.2, 0.25) is 0 Å². The average Bonchev–Trinajstić information content (AvgIpc) is 3.09. The first kappa shape index (κ1) is 17.7. The molecular weight excluding hydrogens is 335 g/mol. The first-order valence-corrected chi connectivity index (χ1v) is 8.28. The zero-order chi connectivity index (χ0) is 18.5. The minimum absolute atomic E-state index is 0.0807. The number of amides is 1. The highest BCUT2D eigenvalue weighted by Crippen LogP contribution is 2.20. The molecule has 0 bridgehead atoms. The van der Waals surface area contributed by atoms with Gasteiger partial charge >= 0.3 is 0 Å². The fraction of sp³-hybridized carbons (Fsp3) is 0.200. The third kappa shape index (κ3) is 4.47.